The van der Waals surface area contributed by atoms with E-state index in [1.807, 2.05) is 36.4 Å². The zero-order valence-corrected chi connectivity index (χ0v) is 15.8. The molecule has 0 saturated carbocycles. The SMILES string of the molecule is CCc1ccccc1NC(=O)C1CCCN(c2nc3ccccc3s2)C1. The Kier molecular flexibility index (Phi) is 4.89. The second kappa shape index (κ2) is 7.46. The molecular weight excluding hydrogens is 342 g/mol. The molecule has 4 rings (SSSR count). The number of carbonyl (C=O) groups excluding carboxylic acids is 1. The fourth-order valence-corrected chi connectivity index (χ4v) is 4.55. The van der Waals surface area contributed by atoms with Crippen LogP contribution in [0.2, 0.25) is 0 Å². The zero-order valence-electron chi connectivity index (χ0n) is 14.9. The molecule has 1 aliphatic heterocycles. The van der Waals surface area contributed by atoms with Crippen LogP contribution in [0, 0.1) is 5.92 Å². The number of aryl methyl sites for hydroxylation is 1. The molecule has 0 aliphatic carbocycles. The van der Waals surface area contributed by atoms with Crippen LogP contribution in [0.25, 0.3) is 10.2 Å². The Balaban J connectivity index is 1.48. The number of amides is 1. The van der Waals surface area contributed by atoms with Gasteiger partial charge in [-0.05, 0) is 43.0 Å². The lowest BCUT2D eigenvalue weighted by atomic mass is 9.97. The summed E-state index contributed by atoms with van der Waals surface area (Å²) in [4.78, 5) is 19.9. The lowest BCUT2D eigenvalue weighted by Gasteiger charge is -2.31. The molecule has 1 atom stereocenters. The molecule has 2 aromatic carbocycles. The molecule has 1 saturated heterocycles. The molecular formula is C21H23N3OS. The molecule has 26 heavy (non-hydrogen) atoms. The highest BCUT2D eigenvalue weighted by atomic mass is 32.1. The van der Waals surface area contributed by atoms with Crippen LogP contribution in [0.4, 0.5) is 10.8 Å². The normalized spacial score (nSPS) is 17.4. The fraction of sp³-hybridized carbons (Fsp3) is 0.333. The molecule has 0 bridgehead atoms. The Morgan fingerprint density at radius 2 is 2.04 bits per heavy atom. The van der Waals surface area contributed by atoms with Crippen molar-refractivity contribution in [3.8, 4) is 0 Å². The van der Waals surface area contributed by atoms with Crippen molar-refractivity contribution in [1.82, 2.24) is 4.98 Å². The van der Waals surface area contributed by atoms with Crippen LogP contribution in [0.3, 0.4) is 0 Å². The maximum atomic E-state index is 12.8. The molecule has 2 heterocycles. The summed E-state index contributed by atoms with van der Waals surface area (Å²) in [7, 11) is 0. The van der Waals surface area contributed by atoms with Crippen LogP contribution in [-0.2, 0) is 11.2 Å². The van der Waals surface area contributed by atoms with Gasteiger partial charge in [0.2, 0.25) is 5.91 Å². The summed E-state index contributed by atoms with van der Waals surface area (Å²) in [5.41, 5.74) is 3.16. The van der Waals surface area contributed by atoms with Crippen LogP contribution < -0.4 is 10.2 Å². The van der Waals surface area contributed by atoms with Gasteiger partial charge in [-0.1, -0.05) is 48.6 Å². The van der Waals surface area contributed by atoms with E-state index in [1.165, 1.54) is 10.3 Å². The van der Waals surface area contributed by atoms with Gasteiger partial charge in [0.25, 0.3) is 0 Å². The van der Waals surface area contributed by atoms with Crippen LogP contribution in [0.5, 0.6) is 0 Å². The summed E-state index contributed by atoms with van der Waals surface area (Å²) < 4.78 is 1.20. The van der Waals surface area contributed by atoms with Crippen molar-refractivity contribution in [2.45, 2.75) is 26.2 Å². The zero-order chi connectivity index (χ0) is 17.9. The Morgan fingerprint density at radius 3 is 2.88 bits per heavy atom. The molecule has 0 spiro atoms. The van der Waals surface area contributed by atoms with E-state index in [9.17, 15) is 4.79 Å². The van der Waals surface area contributed by atoms with Crippen molar-refractivity contribution >= 4 is 38.3 Å². The van der Waals surface area contributed by atoms with Gasteiger partial charge >= 0.3 is 0 Å². The summed E-state index contributed by atoms with van der Waals surface area (Å²) >= 11 is 1.71. The van der Waals surface area contributed by atoms with Crippen molar-refractivity contribution in [3.63, 3.8) is 0 Å². The highest BCUT2D eigenvalue weighted by Crippen LogP contribution is 2.31. The summed E-state index contributed by atoms with van der Waals surface area (Å²) in [6.45, 7) is 3.82. The van der Waals surface area contributed by atoms with E-state index in [-0.39, 0.29) is 11.8 Å². The van der Waals surface area contributed by atoms with Gasteiger partial charge in [0, 0.05) is 18.8 Å². The lowest BCUT2D eigenvalue weighted by molar-refractivity contribution is -0.120. The Hall–Kier alpha value is -2.40. The number of piperidine rings is 1. The molecule has 1 N–H and O–H groups in total. The first-order valence-electron chi connectivity index (χ1n) is 9.24. The molecule has 5 heteroatoms. The molecule has 3 aromatic rings. The first-order valence-corrected chi connectivity index (χ1v) is 10.1. The van der Waals surface area contributed by atoms with Gasteiger partial charge in [-0.15, -0.1) is 0 Å². The van der Waals surface area contributed by atoms with Crippen LogP contribution >= 0.6 is 11.3 Å². The minimum atomic E-state index is 0.000625. The van der Waals surface area contributed by atoms with Crippen LogP contribution in [0.1, 0.15) is 25.3 Å². The number of carbonyl (C=O) groups is 1. The minimum Gasteiger partial charge on any atom is -0.347 e. The molecule has 0 radical (unpaired) electrons. The number of hydrogen-bond donors (Lipinski definition) is 1. The molecule has 1 fully saturated rings. The number of aromatic nitrogens is 1. The molecule has 1 aliphatic rings. The predicted octanol–water partition coefficient (Wildman–Crippen LogP) is 4.71. The molecule has 4 nitrogen and oxygen atoms in total. The molecule has 1 amide bonds. The van der Waals surface area contributed by atoms with Gasteiger partial charge in [-0.3, -0.25) is 4.79 Å². The number of benzene rings is 2. The van der Waals surface area contributed by atoms with Crippen molar-refractivity contribution in [1.29, 1.82) is 0 Å². The number of nitrogens with zero attached hydrogens (tertiary/aromatic N) is 2. The van der Waals surface area contributed by atoms with Crippen LogP contribution in [-0.4, -0.2) is 24.0 Å². The average molecular weight is 366 g/mol. The van der Waals surface area contributed by atoms with Gasteiger partial charge in [0.15, 0.2) is 5.13 Å². The average Bonchev–Trinajstić information content (AvgIpc) is 3.13. The largest absolute Gasteiger partial charge is 0.347 e. The predicted molar refractivity (Wildman–Crippen MR) is 109 cm³/mol. The molecule has 1 unspecified atom stereocenters. The van der Waals surface area contributed by atoms with Gasteiger partial charge in [-0.25, -0.2) is 4.98 Å². The summed E-state index contributed by atoms with van der Waals surface area (Å²) in [5.74, 6) is 0.123. The third-order valence-corrected chi connectivity index (χ3v) is 6.10. The lowest BCUT2D eigenvalue weighted by Crippen LogP contribution is -2.40. The van der Waals surface area contributed by atoms with Gasteiger partial charge in [-0.2, -0.15) is 0 Å². The second-order valence-electron chi connectivity index (χ2n) is 6.75. The van der Waals surface area contributed by atoms with E-state index in [0.29, 0.717) is 0 Å². The van der Waals surface area contributed by atoms with Crippen molar-refractivity contribution in [2.24, 2.45) is 5.92 Å². The van der Waals surface area contributed by atoms with Crippen molar-refractivity contribution in [2.75, 3.05) is 23.3 Å². The van der Waals surface area contributed by atoms with E-state index in [4.69, 9.17) is 4.98 Å². The Labute approximate surface area is 157 Å². The number of fused-ring (bicyclic) bond motifs is 1. The second-order valence-corrected chi connectivity index (χ2v) is 7.76. The number of hydrogen-bond acceptors (Lipinski definition) is 4. The van der Waals surface area contributed by atoms with E-state index in [1.54, 1.807) is 11.3 Å². The van der Waals surface area contributed by atoms with Gasteiger partial charge < -0.3 is 10.2 Å². The van der Waals surface area contributed by atoms with E-state index < -0.39 is 0 Å². The minimum absolute atomic E-state index is 0.000625. The maximum Gasteiger partial charge on any atom is 0.229 e. The van der Waals surface area contributed by atoms with Crippen molar-refractivity contribution < 1.29 is 4.79 Å². The number of para-hydroxylation sites is 2. The number of rotatable bonds is 4. The summed E-state index contributed by atoms with van der Waals surface area (Å²) in [5, 5.41) is 4.17. The summed E-state index contributed by atoms with van der Waals surface area (Å²) in [6, 6.07) is 16.3. The highest BCUT2D eigenvalue weighted by molar-refractivity contribution is 7.22. The Morgan fingerprint density at radius 1 is 1.23 bits per heavy atom. The van der Waals surface area contributed by atoms with Gasteiger partial charge in [0.1, 0.15) is 0 Å². The Bertz CT molecular complexity index is 887. The van der Waals surface area contributed by atoms with E-state index in [0.717, 1.165) is 48.7 Å². The van der Waals surface area contributed by atoms with Crippen molar-refractivity contribution in [3.05, 3.63) is 54.1 Å². The quantitative estimate of drug-likeness (QED) is 0.728. The van der Waals surface area contributed by atoms with E-state index >= 15 is 0 Å². The number of anilines is 2. The third-order valence-electron chi connectivity index (χ3n) is 5.00. The standard InChI is InChI=1S/C21H23N3OS/c1-2-15-8-3-4-10-17(15)22-20(25)16-9-7-13-24(14-16)21-23-18-11-5-6-12-19(18)26-21/h3-6,8,10-12,16H,2,7,9,13-14H2,1H3,(H,22,25). The molecule has 1 aromatic heterocycles. The van der Waals surface area contributed by atoms with Crippen LogP contribution in [0.15, 0.2) is 48.5 Å². The van der Waals surface area contributed by atoms with Gasteiger partial charge in [0.05, 0.1) is 16.1 Å². The van der Waals surface area contributed by atoms with E-state index in [2.05, 4.69) is 29.3 Å². The topological polar surface area (TPSA) is 45.2 Å². The number of thiazole rings is 1. The third kappa shape index (κ3) is 3.44. The monoisotopic (exact) mass is 365 g/mol. The first kappa shape index (κ1) is 17.0. The fourth-order valence-electron chi connectivity index (χ4n) is 3.55. The maximum absolute atomic E-state index is 12.8. The first-order chi connectivity index (χ1) is 12.7. The number of nitrogens with one attached hydrogen (secondary N) is 1. The highest BCUT2D eigenvalue weighted by Gasteiger charge is 2.27. The summed E-state index contributed by atoms with van der Waals surface area (Å²) in [6.07, 6.45) is 2.86. The molecule has 134 valence electrons. The smallest absolute Gasteiger partial charge is 0.229 e.